The maximum Gasteiger partial charge on any atom is 0.334 e. The molecule has 0 radical (unpaired) electrons. The van der Waals surface area contributed by atoms with E-state index in [0.717, 1.165) is 6.07 Å². The van der Waals surface area contributed by atoms with Gasteiger partial charge in [0.15, 0.2) is 0 Å². The number of rotatable bonds is 2. The second-order valence-electron chi connectivity index (χ2n) is 3.56. The Morgan fingerprint density at radius 1 is 1.44 bits per heavy atom. The zero-order valence-corrected chi connectivity index (χ0v) is 8.15. The van der Waals surface area contributed by atoms with Gasteiger partial charge in [0.05, 0.1) is 4.92 Å². The summed E-state index contributed by atoms with van der Waals surface area (Å²) in [6.45, 7) is -3.03. The molecule has 1 aliphatic rings. The molecule has 0 N–H and O–H groups in total. The minimum Gasteiger partial charge on any atom is -0.261 e. The average molecular weight is 230 g/mol. The molecule has 0 fully saturated rings. The van der Waals surface area contributed by atoms with Crippen LogP contribution < -0.4 is 5.56 Å². The smallest absolute Gasteiger partial charge is 0.261 e. The number of fused-ring (bicyclic) bond motifs is 1. The monoisotopic (exact) mass is 230 g/mol. The second kappa shape index (κ2) is 3.66. The van der Waals surface area contributed by atoms with E-state index in [1.807, 2.05) is 0 Å². The fraction of sp³-hybridized carbons (Fsp3) is 0.444. The molecule has 1 aromatic rings. The molecule has 1 heterocycles. The largest absolute Gasteiger partial charge is 0.334 e. The van der Waals surface area contributed by atoms with Crippen molar-refractivity contribution in [3.05, 3.63) is 37.8 Å². The van der Waals surface area contributed by atoms with Crippen LogP contribution in [0.5, 0.6) is 0 Å². The molecule has 0 aliphatic heterocycles. The lowest BCUT2D eigenvalue weighted by Crippen LogP contribution is -2.26. The van der Waals surface area contributed by atoms with E-state index in [2.05, 4.69) is 0 Å². The molecule has 2 rings (SSSR count). The summed E-state index contributed by atoms with van der Waals surface area (Å²) in [5.41, 5.74) is -1.29. The van der Waals surface area contributed by atoms with E-state index in [4.69, 9.17) is 0 Å². The maximum atomic E-state index is 12.7. The summed E-state index contributed by atoms with van der Waals surface area (Å²) in [4.78, 5) is 21.1. The predicted molar refractivity (Wildman–Crippen MR) is 50.6 cm³/mol. The van der Waals surface area contributed by atoms with E-state index in [9.17, 15) is 23.7 Å². The van der Waals surface area contributed by atoms with Gasteiger partial charge in [-0.3, -0.25) is 14.9 Å². The third kappa shape index (κ3) is 1.48. The van der Waals surface area contributed by atoms with Gasteiger partial charge in [-0.05, 0) is 24.8 Å². The quantitative estimate of drug-likeness (QED) is 0.573. The van der Waals surface area contributed by atoms with Crippen LogP contribution in [0.15, 0.2) is 10.9 Å². The number of aromatic nitrogens is 1. The Hall–Kier alpha value is -1.79. The van der Waals surface area contributed by atoms with Crippen molar-refractivity contribution >= 4 is 5.69 Å². The van der Waals surface area contributed by atoms with E-state index in [1.54, 1.807) is 0 Å². The third-order valence-electron chi connectivity index (χ3n) is 2.66. The van der Waals surface area contributed by atoms with Gasteiger partial charge in [0.2, 0.25) is 0 Å². The summed E-state index contributed by atoms with van der Waals surface area (Å²) in [6, 6.07) is 1.11. The summed E-state index contributed by atoms with van der Waals surface area (Å²) in [6.07, 6.45) is 1.51. The lowest BCUT2D eigenvalue weighted by molar-refractivity contribution is -0.386. The molecule has 0 atom stereocenters. The summed E-state index contributed by atoms with van der Waals surface area (Å²) in [5, 5.41) is 10.5. The lowest BCUT2D eigenvalue weighted by atomic mass is 10.2. The van der Waals surface area contributed by atoms with Crippen molar-refractivity contribution in [2.24, 2.45) is 0 Å². The number of nitro groups is 1. The fourth-order valence-electron chi connectivity index (χ4n) is 1.99. The summed E-state index contributed by atoms with van der Waals surface area (Å²) < 4.78 is 25.6. The Morgan fingerprint density at radius 2 is 2.12 bits per heavy atom. The van der Waals surface area contributed by atoms with Crippen LogP contribution in [-0.4, -0.2) is 9.49 Å². The number of aryl methyl sites for hydroxylation is 1. The topological polar surface area (TPSA) is 65.1 Å². The third-order valence-corrected chi connectivity index (χ3v) is 2.66. The highest BCUT2D eigenvalue weighted by Gasteiger charge is 2.27. The molecular formula is C9H8F2N2O3. The minimum atomic E-state index is -3.03. The average Bonchev–Trinajstić information content (AvgIpc) is 2.62. The van der Waals surface area contributed by atoms with Crippen molar-refractivity contribution in [1.82, 2.24) is 4.57 Å². The number of hydrogen-bond donors (Lipinski definition) is 0. The van der Waals surface area contributed by atoms with Crippen LogP contribution in [-0.2, 0) is 12.8 Å². The minimum absolute atomic E-state index is 0.227. The summed E-state index contributed by atoms with van der Waals surface area (Å²) in [7, 11) is 0. The zero-order valence-electron chi connectivity index (χ0n) is 8.15. The first-order valence-electron chi connectivity index (χ1n) is 4.72. The van der Waals surface area contributed by atoms with Crippen LogP contribution >= 0.6 is 0 Å². The van der Waals surface area contributed by atoms with Gasteiger partial charge in [0.25, 0.3) is 0 Å². The SMILES string of the molecule is O=c1c([N+](=O)[O-])cc2c(n1C(F)F)CCC2. The first kappa shape index (κ1) is 10.7. The van der Waals surface area contributed by atoms with Crippen molar-refractivity contribution in [2.45, 2.75) is 25.8 Å². The molecule has 1 aromatic heterocycles. The molecular weight excluding hydrogens is 222 g/mol. The van der Waals surface area contributed by atoms with Gasteiger partial charge in [0.1, 0.15) is 0 Å². The van der Waals surface area contributed by atoms with E-state index in [1.165, 1.54) is 0 Å². The Kier molecular flexibility index (Phi) is 2.45. The number of alkyl halides is 2. The first-order valence-corrected chi connectivity index (χ1v) is 4.72. The molecule has 0 spiro atoms. The molecule has 0 unspecified atom stereocenters. The Morgan fingerprint density at radius 3 is 2.69 bits per heavy atom. The van der Waals surface area contributed by atoms with Crippen molar-refractivity contribution in [3.8, 4) is 0 Å². The second-order valence-corrected chi connectivity index (χ2v) is 3.56. The highest BCUT2D eigenvalue weighted by Crippen LogP contribution is 2.26. The van der Waals surface area contributed by atoms with Crippen LogP contribution in [0.4, 0.5) is 14.5 Å². The number of hydrogen-bond acceptors (Lipinski definition) is 3. The van der Waals surface area contributed by atoms with E-state index in [0.29, 0.717) is 24.8 Å². The molecule has 0 amide bonds. The van der Waals surface area contributed by atoms with Crippen molar-refractivity contribution in [2.75, 3.05) is 0 Å². The highest BCUT2D eigenvalue weighted by molar-refractivity contribution is 5.38. The van der Waals surface area contributed by atoms with Crippen LogP contribution in [0.1, 0.15) is 24.2 Å². The Balaban J connectivity index is 2.75. The molecule has 0 aromatic carbocycles. The van der Waals surface area contributed by atoms with E-state index >= 15 is 0 Å². The van der Waals surface area contributed by atoms with Crippen LogP contribution in [0.2, 0.25) is 0 Å². The Bertz CT molecular complexity index is 510. The van der Waals surface area contributed by atoms with Gasteiger partial charge in [-0.2, -0.15) is 8.78 Å². The van der Waals surface area contributed by atoms with Crippen LogP contribution in [0.3, 0.4) is 0 Å². The van der Waals surface area contributed by atoms with Gasteiger partial charge in [-0.1, -0.05) is 0 Å². The number of halogens is 2. The molecule has 5 nitrogen and oxygen atoms in total. The molecule has 1 aliphatic carbocycles. The van der Waals surface area contributed by atoms with E-state index in [-0.39, 0.29) is 10.3 Å². The van der Waals surface area contributed by atoms with Crippen LogP contribution in [0, 0.1) is 10.1 Å². The molecule has 16 heavy (non-hydrogen) atoms. The molecule has 0 saturated heterocycles. The normalized spacial score (nSPS) is 14.2. The number of pyridine rings is 1. The number of nitrogens with zero attached hydrogens (tertiary/aromatic N) is 2. The summed E-state index contributed by atoms with van der Waals surface area (Å²) in [5.74, 6) is 0. The van der Waals surface area contributed by atoms with Gasteiger partial charge in [0, 0.05) is 11.8 Å². The molecule has 0 saturated carbocycles. The lowest BCUT2D eigenvalue weighted by Gasteiger charge is -2.10. The summed E-state index contributed by atoms with van der Waals surface area (Å²) >= 11 is 0. The highest BCUT2D eigenvalue weighted by atomic mass is 19.3. The van der Waals surface area contributed by atoms with Gasteiger partial charge in [-0.15, -0.1) is 0 Å². The van der Waals surface area contributed by atoms with Crippen molar-refractivity contribution < 1.29 is 13.7 Å². The van der Waals surface area contributed by atoms with Gasteiger partial charge < -0.3 is 0 Å². The van der Waals surface area contributed by atoms with Crippen molar-refractivity contribution in [3.63, 3.8) is 0 Å². The molecule has 7 heteroatoms. The van der Waals surface area contributed by atoms with Gasteiger partial charge >= 0.3 is 17.8 Å². The van der Waals surface area contributed by atoms with Gasteiger partial charge in [-0.25, -0.2) is 4.57 Å². The Labute approximate surface area is 88.5 Å². The molecule has 0 bridgehead atoms. The molecule has 86 valence electrons. The fourth-order valence-corrected chi connectivity index (χ4v) is 1.99. The first-order chi connectivity index (χ1) is 7.52. The zero-order chi connectivity index (χ0) is 11.9. The standard InChI is InChI=1S/C9H8F2N2O3/c10-9(11)12-6-3-1-2-5(6)4-7(8(12)14)13(15)16/h4,9H,1-3H2. The van der Waals surface area contributed by atoms with E-state index < -0.39 is 22.7 Å². The van der Waals surface area contributed by atoms with Crippen molar-refractivity contribution in [1.29, 1.82) is 0 Å². The maximum absolute atomic E-state index is 12.7. The predicted octanol–water partition coefficient (Wildman–Crippen LogP) is 1.64. The van der Waals surface area contributed by atoms with Crippen LogP contribution in [0.25, 0.3) is 0 Å².